The first-order valence-electron chi connectivity index (χ1n) is 8.78. The molecule has 3 heteroatoms. The zero-order chi connectivity index (χ0) is 17.2. The van der Waals surface area contributed by atoms with Gasteiger partial charge in [-0.15, -0.1) is 0 Å². The molecule has 1 N–H and O–H groups in total. The van der Waals surface area contributed by atoms with E-state index in [2.05, 4.69) is 6.07 Å². The van der Waals surface area contributed by atoms with Crippen molar-refractivity contribution in [2.24, 2.45) is 0 Å². The molecule has 1 aliphatic heterocycles. The van der Waals surface area contributed by atoms with Crippen molar-refractivity contribution in [3.8, 4) is 5.75 Å². The molecule has 1 heterocycles. The van der Waals surface area contributed by atoms with Crippen molar-refractivity contribution in [2.45, 2.75) is 18.8 Å². The minimum atomic E-state index is 0.120. The molecule has 1 aliphatic rings. The summed E-state index contributed by atoms with van der Waals surface area (Å²) in [5.41, 5.74) is 2.01. The fourth-order valence-electron chi connectivity index (χ4n) is 3.67. The topological polar surface area (TPSA) is 40.5 Å². The molecule has 3 aromatic carbocycles. The van der Waals surface area contributed by atoms with E-state index < -0.39 is 0 Å². The fraction of sp³-hybridized carbons (Fsp3) is 0.227. The number of hydrogen-bond acceptors (Lipinski definition) is 2. The van der Waals surface area contributed by atoms with Gasteiger partial charge in [0, 0.05) is 18.7 Å². The number of benzene rings is 3. The van der Waals surface area contributed by atoms with Gasteiger partial charge in [-0.1, -0.05) is 42.5 Å². The Morgan fingerprint density at radius 3 is 2.28 bits per heavy atom. The largest absolute Gasteiger partial charge is 0.508 e. The summed E-state index contributed by atoms with van der Waals surface area (Å²) >= 11 is 0. The molecule has 4 rings (SSSR count). The van der Waals surface area contributed by atoms with Crippen molar-refractivity contribution >= 4 is 16.7 Å². The highest BCUT2D eigenvalue weighted by molar-refractivity contribution is 5.98. The van der Waals surface area contributed by atoms with E-state index in [0.717, 1.165) is 42.3 Å². The van der Waals surface area contributed by atoms with Crippen LogP contribution >= 0.6 is 0 Å². The summed E-state index contributed by atoms with van der Waals surface area (Å²) < 4.78 is 0. The summed E-state index contributed by atoms with van der Waals surface area (Å²) in [5.74, 6) is 0.879. The third-order valence-electron chi connectivity index (χ3n) is 5.14. The quantitative estimate of drug-likeness (QED) is 0.747. The van der Waals surface area contributed by atoms with Crippen LogP contribution in [0.1, 0.15) is 34.7 Å². The number of rotatable bonds is 2. The van der Waals surface area contributed by atoms with E-state index in [9.17, 15) is 9.90 Å². The molecule has 0 aromatic heterocycles. The maximum Gasteiger partial charge on any atom is 0.253 e. The van der Waals surface area contributed by atoms with Crippen LogP contribution in [-0.4, -0.2) is 29.0 Å². The zero-order valence-electron chi connectivity index (χ0n) is 14.1. The Hall–Kier alpha value is -2.81. The van der Waals surface area contributed by atoms with Crippen LogP contribution in [0.25, 0.3) is 10.8 Å². The molecule has 0 radical (unpaired) electrons. The average Bonchev–Trinajstić information content (AvgIpc) is 2.68. The highest BCUT2D eigenvalue weighted by atomic mass is 16.3. The van der Waals surface area contributed by atoms with Gasteiger partial charge < -0.3 is 10.0 Å². The smallest absolute Gasteiger partial charge is 0.253 e. The lowest BCUT2D eigenvalue weighted by atomic mass is 9.89. The lowest BCUT2D eigenvalue weighted by Crippen LogP contribution is -2.37. The molecule has 0 bridgehead atoms. The summed E-state index contributed by atoms with van der Waals surface area (Å²) in [6.07, 6.45) is 1.92. The SMILES string of the molecule is O=C(c1ccc2ccccc2c1)N1CCC(c2ccc(O)cc2)CC1. The van der Waals surface area contributed by atoms with Crippen molar-refractivity contribution in [1.29, 1.82) is 0 Å². The molecule has 3 aromatic rings. The summed E-state index contributed by atoms with van der Waals surface area (Å²) in [5, 5.41) is 11.7. The Labute approximate surface area is 147 Å². The molecule has 0 aliphatic carbocycles. The summed E-state index contributed by atoms with van der Waals surface area (Å²) in [4.78, 5) is 14.8. The first kappa shape index (κ1) is 15.7. The number of nitrogens with zero attached hydrogens (tertiary/aromatic N) is 1. The Bertz CT molecular complexity index is 893. The molecule has 0 atom stereocenters. The Balaban J connectivity index is 1.46. The van der Waals surface area contributed by atoms with Gasteiger partial charge in [0.15, 0.2) is 0 Å². The Kier molecular flexibility index (Phi) is 4.14. The van der Waals surface area contributed by atoms with Gasteiger partial charge in [0.1, 0.15) is 5.75 Å². The van der Waals surface area contributed by atoms with Crippen molar-refractivity contribution in [1.82, 2.24) is 4.90 Å². The molecule has 1 saturated heterocycles. The molecule has 1 amide bonds. The van der Waals surface area contributed by atoms with Gasteiger partial charge in [0.25, 0.3) is 5.91 Å². The van der Waals surface area contributed by atoms with E-state index in [4.69, 9.17) is 0 Å². The minimum Gasteiger partial charge on any atom is -0.508 e. The Morgan fingerprint density at radius 2 is 1.56 bits per heavy atom. The second-order valence-corrected chi connectivity index (χ2v) is 6.72. The number of carbonyl (C=O) groups is 1. The normalized spacial score (nSPS) is 15.4. The first-order chi connectivity index (χ1) is 12.2. The maximum absolute atomic E-state index is 12.8. The highest BCUT2D eigenvalue weighted by Crippen LogP contribution is 2.30. The lowest BCUT2D eigenvalue weighted by molar-refractivity contribution is 0.0713. The molecular formula is C22H21NO2. The zero-order valence-corrected chi connectivity index (χ0v) is 14.1. The number of hydrogen-bond donors (Lipinski definition) is 1. The van der Waals surface area contributed by atoms with E-state index in [-0.39, 0.29) is 5.91 Å². The van der Waals surface area contributed by atoms with Crippen molar-refractivity contribution in [3.05, 3.63) is 77.9 Å². The number of piperidine rings is 1. The molecule has 0 spiro atoms. The van der Waals surface area contributed by atoms with Gasteiger partial charge in [-0.25, -0.2) is 0 Å². The molecule has 0 saturated carbocycles. The molecule has 25 heavy (non-hydrogen) atoms. The molecule has 126 valence electrons. The van der Waals surface area contributed by atoms with Crippen molar-refractivity contribution in [2.75, 3.05) is 13.1 Å². The van der Waals surface area contributed by atoms with Crippen LogP contribution in [-0.2, 0) is 0 Å². The fourth-order valence-corrected chi connectivity index (χ4v) is 3.67. The number of likely N-dealkylation sites (tertiary alicyclic amines) is 1. The van der Waals surface area contributed by atoms with E-state index >= 15 is 0 Å². The highest BCUT2D eigenvalue weighted by Gasteiger charge is 2.24. The summed E-state index contributed by atoms with van der Waals surface area (Å²) in [6, 6.07) is 21.5. The first-order valence-corrected chi connectivity index (χ1v) is 8.78. The number of aromatic hydroxyl groups is 1. The number of phenolic OH excluding ortho intramolecular Hbond substituents is 1. The maximum atomic E-state index is 12.8. The third kappa shape index (κ3) is 3.22. The second-order valence-electron chi connectivity index (χ2n) is 6.72. The second kappa shape index (κ2) is 6.60. The van der Waals surface area contributed by atoms with E-state index in [1.807, 2.05) is 53.4 Å². The van der Waals surface area contributed by atoms with Crippen LogP contribution in [0.5, 0.6) is 5.75 Å². The Morgan fingerprint density at radius 1 is 0.880 bits per heavy atom. The average molecular weight is 331 g/mol. The van der Waals surface area contributed by atoms with Gasteiger partial charge in [-0.05, 0) is 59.4 Å². The van der Waals surface area contributed by atoms with Gasteiger partial charge in [-0.2, -0.15) is 0 Å². The molecule has 0 unspecified atom stereocenters. The van der Waals surface area contributed by atoms with Gasteiger partial charge in [0.05, 0.1) is 0 Å². The van der Waals surface area contributed by atoms with E-state index in [1.165, 1.54) is 5.56 Å². The van der Waals surface area contributed by atoms with Crippen molar-refractivity contribution in [3.63, 3.8) is 0 Å². The third-order valence-corrected chi connectivity index (χ3v) is 5.14. The number of phenols is 1. The van der Waals surface area contributed by atoms with Gasteiger partial charge >= 0.3 is 0 Å². The van der Waals surface area contributed by atoms with E-state index in [0.29, 0.717) is 11.7 Å². The predicted molar refractivity (Wildman–Crippen MR) is 99.9 cm³/mol. The molecular weight excluding hydrogens is 310 g/mol. The van der Waals surface area contributed by atoms with Gasteiger partial charge in [0.2, 0.25) is 0 Å². The van der Waals surface area contributed by atoms with Crippen LogP contribution in [0.3, 0.4) is 0 Å². The number of fused-ring (bicyclic) bond motifs is 1. The standard InChI is InChI=1S/C22H21NO2/c24-21-9-7-17(8-10-21)18-11-13-23(14-12-18)22(25)20-6-5-16-3-1-2-4-19(16)15-20/h1-10,15,18,24H,11-14H2. The van der Waals surface area contributed by atoms with Crippen LogP contribution in [0.2, 0.25) is 0 Å². The van der Waals surface area contributed by atoms with E-state index in [1.54, 1.807) is 12.1 Å². The minimum absolute atomic E-state index is 0.120. The molecule has 3 nitrogen and oxygen atoms in total. The summed E-state index contributed by atoms with van der Waals surface area (Å²) in [7, 11) is 0. The summed E-state index contributed by atoms with van der Waals surface area (Å²) in [6.45, 7) is 1.55. The molecule has 1 fully saturated rings. The predicted octanol–water partition coefficient (Wildman–Crippen LogP) is 4.57. The van der Waals surface area contributed by atoms with Crippen LogP contribution < -0.4 is 0 Å². The lowest BCUT2D eigenvalue weighted by Gasteiger charge is -2.32. The number of amides is 1. The number of carbonyl (C=O) groups excluding carboxylic acids is 1. The van der Waals surface area contributed by atoms with Crippen LogP contribution in [0.15, 0.2) is 66.7 Å². The van der Waals surface area contributed by atoms with Crippen LogP contribution in [0, 0.1) is 0 Å². The monoisotopic (exact) mass is 331 g/mol. The van der Waals surface area contributed by atoms with Gasteiger partial charge in [-0.3, -0.25) is 4.79 Å². The van der Waals surface area contributed by atoms with Crippen molar-refractivity contribution < 1.29 is 9.90 Å². The van der Waals surface area contributed by atoms with Crippen LogP contribution in [0.4, 0.5) is 0 Å².